The molecule has 2 saturated carbocycles. The molecule has 0 N–H and O–H groups in total. The van der Waals surface area contributed by atoms with Crippen molar-refractivity contribution in [2.24, 2.45) is 17.3 Å². The lowest BCUT2D eigenvalue weighted by Gasteiger charge is -2.41. The first kappa shape index (κ1) is 20.7. The summed E-state index contributed by atoms with van der Waals surface area (Å²) in [5, 5.41) is 0. The second-order valence-corrected chi connectivity index (χ2v) is 10.1. The van der Waals surface area contributed by atoms with E-state index in [1.54, 1.807) is 0 Å². The highest BCUT2D eigenvalue weighted by molar-refractivity contribution is 5.29. The zero-order valence-electron chi connectivity index (χ0n) is 18.2. The standard InChI is InChI=1S/C25H40O2/c1-6-18(2)19-11-14-22(15-12-19)26-24(25(3,4)5)27-23-16-13-20-9-7-8-10-21(20)17-23/h11-12,14-15,18,20-21,23-24H,6-10,13,16-17H2,1-5H3. The Hall–Kier alpha value is -1.02. The minimum Gasteiger partial charge on any atom is -0.464 e. The second-order valence-electron chi connectivity index (χ2n) is 10.1. The van der Waals surface area contributed by atoms with Crippen molar-refractivity contribution < 1.29 is 9.47 Å². The first-order valence-corrected chi connectivity index (χ1v) is 11.3. The predicted octanol–water partition coefficient (Wildman–Crippen LogP) is 7.33. The minimum atomic E-state index is -0.197. The van der Waals surface area contributed by atoms with E-state index in [1.165, 1.54) is 50.5 Å². The first-order valence-electron chi connectivity index (χ1n) is 11.3. The molecule has 5 atom stereocenters. The Kier molecular flexibility index (Phi) is 6.89. The highest BCUT2D eigenvalue weighted by Crippen LogP contribution is 2.42. The molecule has 2 fully saturated rings. The average molecular weight is 373 g/mol. The summed E-state index contributed by atoms with van der Waals surface area (Å²) in [6, 6.07) is 8.64. The summed E-state index contributed by atoms with van der Waals surface area (Å²) in [5.74, 6) is 3.36. The number of rotatable bonds is 6. The number of benzene rings is 1. The lowest BCUT2D eigenvalue weighted by atomic mass is 9.70. The molecule has 0 aromatic heterocycles. The van der Waals surface area contributed by atoms with Crippen molar-refractivity contribution in [2.75, 3.05) is 0 Å². The van der Waals surface area contributed by atoms with Crippen LogP contribution in [0, 0.1) is 17.3 Å². The van der Waals surface area contributed by atoms with E-state index in [9.17, 15) is 0 Å². The quantitative estimate of drug-likeness (QED) is 0.487. The van der Waals surface area contributed by atoms with E-state index in [-0.39, 0.29) is 11.7 Å². The maximum Gasteiger partial charge on any atom is 0.204 e. The zero-order valence-corrected chi connectivity index (χ0v) is 18.2. The molecule has 0 bridgehead atoms. The Morgan fingerprint density at radius 3 is 2.26 bits per heavy atom. The average Bonchev–Trinajstić information content (AvgIpc) is 2.66. The fraction of sp³-hybridized carbons (Fsp3) is 0.760. The van der Waals surface area contributed by atoms with Gasteiger partial charge in [-0.15, -0.1) is 0 Å². The fourth-order valence-corrected chi connectivity index (χ4v) is 4.77. The predicted molar refractivity (Wildman–Crippen MR) is 113 cm³/mol. The summed E-state index contributed by atoms with van der Waals surface area (Å²) in [6.07, 6.45) is 10.8. The van der Waals surface area contributed by atoms with Crippen LogP contribution in [0.15, 0.2) is 24.3 Å². The van der Waals surface area contributed by atoms with Crippen molar-refractivity contribution in [3.8, 4) is 5.75 Å². The van der Waals surface area contributed by atoms with E-state index in [0.29, 0.717) is 12.0 Å². The molecule has 0 aliphatic heterocycles. The van der Waals surface area contributed by atoms with Crippen molar-refractivity contribution >= 4 is 0 Å². The summed E-state index contributed by atoms with van der Waals surface area (Å²) in [4.78, 5) is 0. The summed E-state index contributed by atoms with van der Waals surface area (Å²) < 4.78 is 12.9. The van der Waals surface area contributed by atoms with Crippen LogP contribution in [-0.2, 0) is 4.74 Å². The first-order chi connectivity index (χ1) is 12.9. The van der Waals surface area contributed by atoms with E-state index < -0.39 is 0 Å². The van der Waals surface area contributed by atoms with Gasteiger partial charge in [-0.05, 0) is 61.1 Å². The number of fused-ring (bicyclic) bond motifs is 1. The van der Waals surface area contributed by atoms with Gasteiger partial charge in [-0.1, -0.05) is 72.4 Å². The van der Waals surface area contributed by atoms with Gasteiger partial charge in [0.05, 0.1) is 6.10 Å². The Balaban J connectivity index is 1.62. The third kappa shape index (κ3) is 5.50. The molecule has 2 heteroatoms. The fourth-order valence-electron chi connectivity index (χ4n) is 4.77. The van der Waals surface area contributed by atoms with Gasteiger partial charge in [0.25, 0.3) is 0 Å². The van der Waals surface area contributed by atoms with E-state index in [1.807, 2.05) is 0 Å². The van der Waals surface area contributed by atoms with Gasteiger partial charge in [0.15, 0.2) is 0 Å². The molecule has 0 heterocycles. The zero-order chi connectivity index (χ0) is 19.4. The van der Waals surface area contributed by atoms with Crippen LogP contribution < -0.4 is 4.74 Å². The maximum absolute atomic E-state index is 6.59. The van der Waals surface area contributed by atoms with Crippen LogP contribution in [-0.4, -0.2) is 12.4 Å². The number of ether oxygens (including phenoxy) is 2. The Labute approximate surface area is 167 Å². The highest BCUT2D eigenvalue weighted by Gasteiger charge is 2.36. The lowest BCUT2D eigenvalue weighted by Crippen LogP contribution is -2.41. The molecule has 0 saturated heterocycles. The molecule has 152 valence electrons. The molecule has 1 aromatic rings. The van der Waals surface area contributed by atoms with Gasteiger partial charge in [0, 0.05) is 5.41 Å². The molecule has 0 spiro atoms. The van der Waals surface area contributed by atoms with Crippen molar-refractivity contribution in [1.29, 1.82) is 0 Å². The molecule has 0 radical (unpaired) electrons. The van der Waals surface area contributed by atoms with Crippen LogP contribution in [0.3, 0.4) is 0 Å². The van der Waals surface area contributed by atoms with Crippen molar-refractivity contribution in [3.05, 3.63) is 29.8 Å². The van der Waals surface area contributed by atoms with Gasteiger partial charge in [-0.2, -0.15) is 0 Å². The topological polar surface area (TPSA) is 18.5 Å². The van der Waals surface area contributed by atoms with Crippen LogP contribution in [0.5, 0.6) is 5.75 Å². The Morgan fingerprint density at radius 2 is 1.63 bits per heavy atom. The molecular formula is C25H40O2. The number of hydrogen-bond donors (Lipinski definition) is 0. The van der Waals surface area contributed by atoms with E-state index >= 15 is 0 Å². The van der Waals surface area contributed by atoms with Gasteiger partial charge >= 0.3 is 0 Å². The Bertz CT molecular complexity index is 571. The van der Waals surface area contributed by atoms with Gasteiger partial charge in [-0.3, -0.25) is 0 Å². The molecular weight excluding hydrogens is 332 g/mol. The minimum absolute atomic E-state index is 0.0429. The normalized spacial score (nSPS) is 28.3. The van der Waals surface area contributed by atoms with E-state index in [0.717, 1.165) is 24.0 Å². The monoisotopic (exact) mass is 372 g/mol. The third-order valence-electron chi connectivity index (χ3n) is 6.82. The summed E-state index contributed by atoms with van der Waals surface area (Å²) in [5.41, 5.74) is 1.34. The Morgan fingerprint density at radius 1 is 0.963 bits per heavy atom. The van der Waals surface area contributed by atoms with Crippen LogP contribution >= 0.6 is 0 Å². The SMILES string of the molecule is CCC(C)c1ccc(OC(OC2CCC3CCCCC3C2)C(C)(C)C)cc1. The van der Waals surface area contributed by atoms with Crippen molar-refractivity contribution in [2.45, 2.75) is 104 Å². The van der Waals surface area contributed by atoms with E-state index in [4.69, 9.17) is 9.47 Å². The van der Waals surface area contributed by atoms with E-state index in [2.05, 4.69) is 58.9 Å². The maximum atomic E-state index is 6.59. The summed E-state index contributed by atoms with van der Waals surface area (Å²) >= 11 is 0. The summed E-state index contributed by atoms with van der Waals surface area (Å²) in [6.45, 7) is 11.2. The van der Waals surface area contributed by atoms with Crippen molar-refractivity contribution in [1.82, 2.24) is 0 Å². The van der Waals surface area contributed by atoms with Crippen LogP contribution in [0.25, 0.3) is 0 Å². The molecule has 5 unspecified atom stereocenters. The molecule has 2 nitrogen and oxygen atoms in total. The smallest absolute Gasteiger partial charge is 0.204 e. The highest BCUT2D eigenvalue weighted by atomic mass is 16.7. The van der Waals surface area contributed by atoms with Crippen molar-refractivity contribution in [3.63, 3.8) is 0 Å². The largest absolute Gasteiger partial charge is 0.464 e. The van der Waals surface area contributed by atoms with Crippen LogP contribution in [0.4, 0.5) is 0 Å². The third-order valence-corrected chi connectivity index (χ3v) is 6.82. The van der Waals surface area contributed by atoms with Gasteiger partial charge in [0.2, 0.25) is 6.29 Å². The molecule has 27 heavy (non-hydrogen) atoms. The van der Waals surface area contributed by atoms with Crippen LogP contribution in [0.1, 0.15) is 97.5 Å². The molecule has 2 aliphatic rings. The second kappa shape index (κ2) is 8.99. The van der Waals surface area contributed by atoms with Crippen LogP contribution in [0.2, 0.25) is 0 Å². The molecule has 0 amide bonds. The van der Waals surface area contributed by atoms with Gasteiger partial charge in [-0.25, -0.2) is 0 Å². The molecule has 1 aromatic carbocycles. The molecule has 3 rings (SSSR count). The number of hydrogen-bond acceptors (Lipinski definition) is 2. The summed E-state index contributed by atoms with van der Waals surface area (Å²) in [7, 11) is 0. The molecule has 2 aliphatic carbocycles. The lowest BCUT2D eigenvalue weighted by molar-refractivity contribution is -0.184. The van der Waals surface area contributed by atoms with Gasteiger partial charge in [0.1, 0.15) is 5.75 Å². The van der Waals surface area contributed by atoms with Gasteiger partial charge < -0.3 is 9.47 Å².